The minimum atomic E-state index is -0.0281. The molecule has 1 aromatic heterocycles. The zero-order chi connectivity index (χ0) is 20.9. The van der Waals surface area contributed by atoms with Gasteiger partial charge in [-0.3, -0.25) is 4.79 Å². The second-order valence-corrected chi connectivity index (χ2v) is 7.57. The highest BCUT2D eigenvalue weighted by Gasteiger charge is 2.22. The number of carbonyl (C=O) groups is 1. The summed E-state index contributed by atoms with van der Waals surface area (Å²) in [5.41, 5.74) is 3.48. The van der Waals surface area contributed by atoms with Gasteiger partial charge >= 0.3 is 0 Å². The summed E-state index contributed by atoms with van der Waals surface area (Å²) in [6.45, 7) is 1.40. The molecule has 0 saturated carbocycles. The molecule has 1 saturated heterocycles. The summed E-state index contributed by atoms with van der Waals surface area (Å²) >= 11 is 0. The molecule has 3 aromatic rings. The fraction of sp³-hybridized carbons (Fsp3) is 0.292. The number of hydrogen-bond acceptors (Lipinski definition) is 5. The van der Waals surface area contributed by atoms with Crippen molar-refractivity contribution in [2.45, 2.75) is 25.4 Å². The van der Waals surface area contributed by atoms with Gasteiger partial charge in [-0.05, 0) is 36.6 Å². The summed E-state index contributed by atoms with van der Waals surface area (Å²) in [6, 6.07) is 19.8. The van der Waals surface area contributed by atoms with E-state index in [2.05, 4.69) is 15.6 Å². The number of nitrogens with one attached hydrogen (secondary N) is 2. The van der Waals surface area contributed by atoms with Gasteiger partial charge in [0.1, 0.15) is 11.6 Å². The van der Waals surface area contributed by atoms with Gasteiger partial charge in [0.25, 0.3) is 5.91 Å². The molecule has 1 aliphatic heterocycles. The largest absolute Gasteiger partial charge is 0.373 e. The van der Waals surface area contributed by atoms with Crippen LogP contribution in [-0.2, 0) is 6.54 Å². The molecule has 4 rings (SSSR count). The van der Waals surface area contributed by atoms with Crippen molar-refractivity contribution < 1.29 is 4.79 Å². The Morgan fingerprint density at radius 1 is 1.13 bits per heavy atom. The van der Waals surface area contributed by atoms with Crippen molar-refractivity contribution in [3.63, 3.8) is 0 Å². The van der Waals surface area contributed by atoms with Crippen molar-refractivity contribution in [1.29, 1.82) is 0 Å². The van der Waals surface area contributed by atoms with Crippen LogP contribution >= 0.6 is 0 Å². The summed E-state index contributed by atoms with van der Waals surface area (Å²) in [6.07, 6.45) is 2.16. The number of hydrogen-bond donors (Lipinski definition) is 2. The van der Waals surface area contributed by atoms with Gasteiger partial charge in [0, 0.05) is 25.7 Å². The molecule has 1 atom stereocenters. The molecule has 0 aliphatic carbocycles. The second kappa shape index (κ2) is 9.05. The topological polar surface area (TPSA) is 70.2 Å². The van der Waals surface area contributed by atoms with Crippen LogP contribution < -0.4 is 10.6 Å². The van der Waals surface area contributed by atoms with Gasteiger partial charge in [0.15, 0.2) is 0 Å². The van der Waals surface area contributed by atoms with Gasteiger partial charge in [0.05, 0.1) is 18.3 Å². The van der Waals surface area contributed by atoms with Gasteiger partial charge in [-0.25, -0.2) is 9.97 Å². The lowest BCUT2D eigenvalue weighted by atomic mass is 9.99. The molecule has 0 bridgehead atoms. The molecular weight excluding hydrogens is 374 g/mol. The van der Waals surface area contributed by atoms with Crippen LogP contribution in [0.5, 0.6) is 0 Å². The smallest absolute Gasteiger partial charge is 0.254 e. The third-order valence-electron chi connectivity index (χ3n) is 5.41. The van der Waals surface area contributed by atoms with Gasteiger partial charge < -0.3 is 15.5 Å². The van der Waals surface area contributed by atoms with Crippen molar-refractivity contribution in [3.05, 3.63) is 77.7 Å². The molecule has 2 N–H and O–H groups in total. The first-order valence-corrected chi connectivity index (χ1v) is 10.3. The van der Waals surface area contributed by atoms with Crippen molar-refractivity contribution in [2.75, 3.05) is 26.0 Å². The molecule has 1 fully saturated rings. The van der Waals surface area contributed by atoms with Crippen molar-refractivity contribution in [2.24, 2.45) is 0 Å². The molecule has 2 aromatic carbocycles. The third kappa shape index (κ3) is 4.33. The van der Waals surface area contributed by atoms with E-state index in [1.165, 1.54) is 0 Å². The van der Waals surface area contributed by atoms with Crippen LogP contribution in [0.15, 0.2) is 60.7 Å². The van der Waals surface area contributed by atoms with E-state index in [1.807, 2.05) is 74.8 Å². The van der Waals surface area contributed by atoms with E-state index in [-0.39, 0.29) is 11.9 Å². The van der Waals surface area contributed by atoms with Crippen LogP contribution in [0.25, 0.3) is 11.1 Å². The standard InChI is InChI=1S/C24H27N5O/c1-25-22-15-18(27-23(28-22)21-13-8-14-26-21)16-29(2)24(30)20-12-7-6-11-19(20)17-9-4-3-5-10-17/h3-7,9-12,15,21,26H,8,13-14,16H2,1-2H3,(H,25,27,28)/t21-/m1/s1. The Hall–Kier alpha value is -3.25. The average molecular weight is 402 g/mol. The molecule has 2 heterocycles. The van der Waals surface area contributed by atoms with E-state index in [9.17, 15) is 4.79 Å². The van der Waals surface area contributed by atoms with E-state index in [0.29, 0.717) is 12.1 Å². The predicted octanol–water partition coefficient (Wildman–Crippen LogP) is 3.88. The van der Waals surface area contributed by atoms with Gasteiger partial charge in [-0.2, -0.15) is 0 Å². The Bertz CT molecular complexity index is 1020. The predicted molar refractivity (Wildman–Crippen MR) is 119 cm³/mol. The van der Waals surface area contributed by atoms with Gasteiger partial charge in [0.2, 0.25) is 0 Å². The van der Waals surface area contributed by atoms with Crippen LogP contribution in [0.2, 0.25) is 0 Å². The molecular formula is C24H27N5O. The number of rotatable bonds is 6. The Morgan fingerprint density at radius 2 is 1.90 bits per heavy atom. The maximum atomic E-state index is 13.3. The van der Waals surface area contributed by atoms with Crippen molar-refractivity contribution in [1.82, 2.24) is 20.2 Å². The van der Waals surface area contributed by atoms with Crippen LogP contribution in [0.1, 0.15) is 40.8 Å². The fourth-order valence-corrected chi connectivity index (χ4v) is 3.85. The molecule has 154 valence electrons. The summed E-state index contributed by atoms with van der Waals surface area (Å²) in [5, 5.41) is 6.56. The van der Waals surface area contributed by atoms with E-state index in [0.717, 1.165) is 47.8 Å². The zero-order valence-corrected chi connectivity index (χ0v) is 17.4. The lowest BCUT2D eigenvalue weighted by Gasteiger charge is -2.20. The minimum absolute atomic E-state index is 0.0281. The van der Waals surface area contributed by atoms with Crippen molar-refractivity contribution in [3.8, 4) is 11.1 Å². The molecule has 30 heavy (non-hydrogen) atoms. The number of amides is 1. The lowest BCUT2D eigenvalue weighted by Crippen LogP contribution is -2.28. The summed E-state index contributed by atoms with van der Waals surface area (Å²) < 4.78 is 0. The van der Waals surface area contributed by atoms with E-state index < -0.39 is 0 Å². The van der Waals surface area contributed by atoms with E-state index in [4.69, 9.17) is 4.98 Å². The highest BCUT2D eigenvalue weighted by Crippen LogP contribution is 2.25. The SMILES string of the molecule is CNc1cc(CN(C)C(=O)c2ccccc2-c2ccccc2)nc([C@H]2CCCN2)n1. The van der Waals surface area contributed by atoms with E-state index >= 15 is 0 Å². The molecule has 0 spiro atoms. The maximum Gasteiger partial charge on any atom is 0.254 e. The number of benzene rings is 2. The average Bonchev–Trinajstić information content (AvgIpc) is 3.34. The monoisotopic (exact) mass is 401 g/mol. The highest BCUT2D eigenvalue weighted by molar-refractivity contribution is 6.00. The van der Waals surface area contributed by atoms with Crippen LogP contribution in [0.3, 0.4) is 0 Å². The fourth-order valence-electron chi connectivity index (χ4n) is 3.85. The summed E-state index contributed by atoms with van der Waals surface area (Å²) in [5.74, 6) is 1.54. The first-order chi connectivity index (χ1) is 14.7. The van der Waals surface area contributed by atoms with Crippen LogP contribution in [0.4, 0.5) is 5.82 Å². The zero-order valence-electron chi connectivity index (χ0n) is 17.4. The number of carbonyl (C=O) groups excluding carboxylic acids is 1. The first kappa shape index (κ1) is 20.0. The number of nitrogens with zero attached hydrogens (tertiary/aromatic N) is 3. The highest BCUT2D eigenvalue weighted by atomic mass is 16.2. The van der Waals surface area contributed by atoms with Gasteiger partial charge in [-0.1, -0.05) is 48.5 Å². The molecule has 0 radical (unpaired) electrons. The Kier molecular flexibility index (Phi) is 6.05. The third-order valence-corrected chi connectivity index (χ3v) is 5.41. The Balaban J connectivity index is 1.58. The first-order valence-electron chi connectivity index (χ1n) is 10.3. The van der Waals surface area contributed by atoms with E-state index in [1.54, 1.807) is 4.90 Å². The molecule has 1 aliphatic rings. The normalized spacial score (nSPS) is 15.7. The number of anilines is 1. The lowest BCUT2D eigenvalue weighted by molar-refractivity contribution is 0.0784. The van der Waals surface area contributed by atoms with Crippen molar-refractivity contribution >= 4 is 11.7 Å². The molecule has 6 nitrogen and oxygen atoms in total. The molecule has 6 heteroatoms. The molecule has 0 unspecified atom stereocenters. The van der Waals surface area contributed by atoms with Gasteiger partial charge in [-0.15, -0.1) is 0 Å². The maximum absolute atomic E-state index is 13.3. The number of aromatic nitrogens is 2. The second-order valence-electron chi connectivity index (χ2n) is 7.57. The summed E-state index contributed by atoms with van der Waals surface area (Å²) in [7, 11) is 3.67. The Morgan fingerprint density at radius 3 is 2.63 bits per heavy atom. The van der Waals surface area contributed by atoms with Crippen LogP contribution in [-0.4, -0.2) is 41.4 Å². The quantitative estimate of drug-likeness (QED) is 0.656. The summed E-state index contributed by atoms with van der Waals surface area (Å²) in [4.78, 5) is 24.4. The minimum Gasteiger partial charge on any atom is -0.373 e. The Labute approximate surface area is 177 Å². The van der Waals surface area contributed by atoms with Crippen LogP contribution in [0, 0.1) is 0 Å². The molecule has 1 amide bonds.